The van der Waals surface area contributed by atoms with E-state index in [1.54, 1.807) is 6.08 Å². The number of carbonyl (C=O) groups excluding carboxylic acids is 1. The Morgan fingerprint density at radius 2 is 2.03 bits per heavy atom. The van der Waals surface area contributed by atoms with Crippen LogP contribution >= 0.6 is 0 Å². The number of aliphatic hydroxyl groups excluding tert-OH is 2. The molecule has 30 heavy (non-hydrogen) atoms. The maximum absolute atomic E-state index is 12.0. The van der Waals surface area contributed by atoms with Crippen molar-refractivity contribution in [3.63, 3.8) is 0 Å². The van der Waals surface area contributed by atoms with Crippen LogP contribution in [0.5, 0.6) is 0 Å². The first-order chi connectivity index (χ1) is 13.4. The van der Waals surface area contributed by atoms with Gasteiger partial charge in [-0.25, -0.2) is 13.2 Å². The summed E-state index contributed by atoms with van der Waals surface area (Å²) in [7, 11) is -4.97. The predicted molar refractivity (Wildman–Crippen MR) is 102 cm³/mol. The third-order valence-electron chi connectivity index (χ3n) is 7.45. The summed E-state index contributed by atoms with van der Waals surface area (Å²) >= 11 is 0. The second-order valence-electron chi connectivity index (χ2n) is 9.01. The topological polar surface area (TPSA) is 133 Å². The Hall–Kier alpha value is -0.260. The van der Waals surface area contributed by atoms with E-state index in [4.69, 9.17) is 4.74 Å². The molecule has 164 valence electrons. The SMILES string of the molecule is C=C1CC[C@@H]2[C@](C)(CO)[C@H](O)CC[C@@]2(C)[C@@H]1C/C=C1/C(=O)OC[C@H]1OS(=O)(=O)[O-].[Na+]. The second kappa shape index (κ2) is 9.31. The van der Waals surface area contributed by atoms with E-state index in [0.29, 0.717) is 12.8 Å². The van der Waals surface area contributed by atoms with Gasteiger partial charge in [0, 0.05) is 5.41 Å². The van der Waals surface area contributed by atoms with Crippen LogP contribution in [0.25, 0.3) is 0 Å². The van der Waals surface area contributed by atoms with Crippen LogP contribution in [0.3, 0.4) is 0 Å². The van der Waals surface area contributed by atoms with Gasteiger partial charge in [0.15, 0.2) is 0 Å². The molecular weight excluding hydrogens is 423 g/mol. The number of carbonyl (C=O) groups is 1. The maximum atomic E-state index is 12.0. The van der Waals surface area contributed by atoms with Gasteiger partial charge < -0.3 is 19.5 Å². The van der Waals surface area contributed by atoms with Crippen molar-refractivity contribution in [3.8, 4) is 0 Å². The van der Waals surface area contributed by atoms with Gasteiger partial charge in [0.2, 0.25) is 10.4 Å². The van der Waals surface area contributed by atoms with Gasteiger partial charge in [-0.15, -0.1) is 0 Å². The third kappa shape index (κ3) is 4.73. The van der Waals surface area contributed by atoms with E-state index in [9.17, 15) is 28.0 Å². The molecule has 0 unspecified atom stereocenters. The van der Waals surface area contributed by atoms with Crippen molar-refractivity contribution in [2.75, 3.05) is 13.2 Å². The van der Waals surface area contributed by atoms with Crippen LogP contribution < -0.4 is 29.6 Å². The number of fused-ring (bicyclic) bond motifs is 1. The fraction of sp³-hybridized carbons (Fsp3) is 0.750. The zero-order valence-corrected chi connectivity index (χ0v) is 20.6. The minimum Gasteiger partial charge on any atom is -0.726 e. The number of hydrogen-bond acceptors (Lipinski definition) is 8. The van der Waals surface area contributed by atoms with Crippen LogP contribution in [-0.4, -0.2) is 54.6 Å². The Morgan fingerprint density at radius 3 is 2.63 bits per heavy atom. The summed E-state index contributed by atoms with van der Waals surface area (Å²) in [5.74, 6) is -0.645. The van der Waals surface area contributed by atoms with Crippen LogP contribution in [0.15, 0.2) is 23.8 Å². The Kier molecular flexibility index (Phi) is 8.07. The number of allylic oxidation sites excluding steroid dienone is 2. The minimum atomic E-state index is -4.97. The van der Waals surface area contributed by atoms with Crippen molar-refractivity contribution in [1.82, 2.24) is 0 Å². The van der Waals surface area contributed by atoms with E-state index in [2.05, 4.69) is 17.7 Å². The molecule has 1 saturated heterocycles. The van der Waals surface area contributed by atoms with Crippen LogP contribution in [-0.2, 0) is 24.1 Å². The summed E-state index contributed by atoms with van der Waals surface area (Å²) in [5.41, 5.74) is 0.196. The Labute approximate surface area is 200 Å². The number of ether oxygens (including phenoxy) is 1. The van der Waals surface area contributed by atoms with Gasteiger partial charge in [0.25, 0.3) is 0 Å². The first-order valence-corrected chi connectivity index (χ1v) is 11.2. The van der Waals surface area contributed by atoms with Gasteiger partial charge in [0.1, 0.15) is 12.7 Å². The summed E-state index contributed by atoms with van der Waals surface area (Å²) < 4.78 is 42.1. The van der Waals surface area contributed by atoms with Gasteiger partial charge in [0.05, 0.1) is 18.3 Å². The molecule has 3 fully saturated rings. The largest absolute Gasteiger partial charge is 1.00 e. The van der Waals surface area contributed by atoms with Crippen molar-refractivity contribution in [2.45, 2.75) is 58.2 Å². The van der Waals surface area contributed by atoms with Crippen molar-refractivity contribution in [3.05, 3.63) is 23.8 Å². The van der Waals surface area contributed by atoms with Gasteiger partial charge in [-0.1, -0.05) is 32.1 Å². The first kappa shape index (κ1) is 26.0. The van der Waals surface area contributed by atoms with E-state index >= 15 is 0 Å². The average molecular weight is 453 g/mol. The van der Waals surface area contributed by atoms with E-state index in [1.807, 2.05) is 6.92 Å². The van der Waals surface area contributed by atoms with E-state index in [0.717, 1.165) is 24.8 Å². The van der Waals surface area contributed by atoms with Gasteiger partial charge >= 0.3 is 35.5 Å². The Morgan fingerprint density at radius 1 is 1.37 bits per heavy atom. The molecular formula is C20H29NaO8S. The average Bonchev–Trinajstić information content (AvgIpc) is 2.96. The Balaban J connectivity index is 0.00000320. The molecule has 0 aromatic carbocycles. The molecule has 2 saturated carbocycles. The molecule has 1 heterocycles. The summed E-state index contributed by atoms with van der Waals surface area (Å²) in [6, 6.07) is 0. The standard InChI is InChI=1S/C20H30O8S.Na/c1-12-4-7-16-19(2,9-8-17(22)20(16,3)11-21)14(12)6-5-13-15(10-27-18(13)23)28-29(24,25)26;/h5,14-17,21-22H,1,4,6-11H2,2-3H3,(H,24,25,26);/q;+1/p-1/b13-5+;/t14-,15-,16+,17-,19+,20+;/m1./s1. The molecule has 3 rings (SSSR count). The van der Waals surface area contributed by atoms with Crippen molar-refractivity contribution in [1.29, 1.82) is 0 Å². The number of hydrogen-bond donors (Lipinski definition) is 2. The number of rotatable bonds is 5. The van der Waals surface area contributed by atoms with E-state index in [-0.39, 0.29) is 65.6 Å². The molecule has 0 radical (unpaired) electrons. The summed E-state index contributed by atoms with van der Waals surface area (Å²) in [5, 5.41) is 20.6. The van der Waals surface area contributed by atoms with Crippen molar-refractivity contribution in [2.24, 2.45) is 22.7 Å². The van der Waals surface area contributed by atoms with Gasteiger partial charge in [-0.05, 0) is 49.4 Å². The van der Waals surface area contributed by atoms with Crippen LogP contribution in [0.4, 0.5) is 0 Å². The first-order valence-electron chi connectivity index (χ1n) is 9.90. The quantitative estimate of drug-likeness (QED) is 0.128. The number of aliphatic hydroxyl groups is 2. The molecule has 3 aliphatic rings. The van der Waals surface area contributed by atoms with Gasteiger partial charge in [-0.3, -0.25) is 4.18 Å². The van der Waals surface area contributed by atoms with Crippen LogP contribution in [0, 0.1) is 22.7 Å². The molecule has 1 aliphatic heterocycles. The van der Waals surface area contributed by atoms with Crippen molar-refractivity contribution >= 4 is 16.4 Å². The maximum Gasteiger partial charge on any atom is 1.00 e. The van der Waals surface area contributed by atoms with E-state index < -0.39 is 34.0 Å². The minimum absolute atomic E-state index is 0. The molecule has 2 N–H and O–H groups in total. The Bertz CT molecular complexity index is 825. The molecule has 0 aromatic heterocycles. The summed E-state index contributed by atoms with van der Waals surface area (Å²) in [4.78, 5) is 12.0. The van der Waals surface area contributed by atoms with Crippen LogP contribution in [0.1, 0.15) is 46.0 Å². The summed E-state index contributed by atoms with van der Waals surface area (Å²) in [6.45, 7) is 7.84. The molecule has 6 atom stereocenters. The molecule has 0 aromatic rings. The third-order valence-corrected chi connectivity index (χ3v) is 7.92. The van der Waals surface area contributed by atoms with Crippen LogP contribution in [0.2, 0.25) is 0 Å². The van der Waals surface area contributed by atoms with Gasteiger partial charge in [-0.2, -0.15) is 0 Å². The van der Waals surface area contributed by atoms with E-state index in [1.165, 1.54) is 0 Å². The molecule has 0 amide bonds. The smallest absolute Gasteiger partial charge is 0.726 e. The predicted octanol–water partition coefficient (Wildman–Crippen LogP) is -1.55. The zero-order chi connectivity index (χ0) is 21.6. The summed E-state index contributed by atoms with van der Waals surface area (Å²) in [6.07, 6.45) is 3.06. The number of esters is 1. The molecule has 0 spiro atoms. The second-order valence-corrected chi connectivity index (χ2v) is 10.0. The monoisotopic (exact) mass is 452 g/mol. The molecule has 2 aliphatic carbocycles. The molecule has 8 nitrogen and oxygen atoms in total. The fourth-order valence-electron chi connectivity index (χ4n) is 5.77. The van der Waals surface area contributed by atoms with Crippen molar-refractivity contribution < 1.29 is 66.5 Å². The molecule has 0 bridgehead atoms. The molecule has 10 heteroatoms. The zero-order valence-electron chi connectivity index (χ0n) is 17.8. The normalized spacial score (nSPS) is 40.6. The number of cyclic esters (lactones) is 1. The fourth-order valence-corrected chi connectivity index (χ4v) is 6.22.